The van der Waals surface area contributed by atoms with E-state index >= 15 is 0 Å². The lowest BCUT2D eigenvalue weighted by Gasteiger charge is -2.29. The third-order valence-electron chi connectivity index (χ3n) is 2.09. The quantitative estimate of drug-likeness (QED) is 0.482. The van der Waals surface area contributed by atoms with Crippen LogP contribution in [0.2, 0.25) is 0 Å². The first kappa shape index (κ1) is 13.3. The van der Waals surface area contributed by atoms with Crippen LogP contribution in [0.5, 0.6) is 0 Å². The lowest BCUT2D eigenvalue weighted by molar-refractivity contribution is 0.228. The van der Waals surface area contributed by atoms with E-state index in [1.54, 1.807) is 6.20 Å². The van der Waals surface area contributed by atoms with Crippen molar-refractivity contribution >= 4 is 70.0 Å². The molecule has 2 rings (SSSR count). The van der Waals surface area contributed by atoms with Gasteiger partial charge in [-0.2, -0.15) is 4.42 Å². The molecule has 0 radical (unpaired) electrons. The molecule has 1 aromatic rings. The Morgan fingerprint density at radius 3 is 2.31 bits per heavy atom. The van der Waals surface area contributed by atoms with Gasteiger partial charge in [-0.15, -0.1) is 4.42 Å². The highest BCUT2D eigenvalue weighted by Gasteiger charge is 2.66. The van der Waals surface area contributed by atoms with Gasteiger partial charge in [-0.25, -0.2) is 4.98 Å². The third-order valence-corrected chi connectivity index (χ3v) is 5.50. The van der Waals surface area contributed by atoms with Crippen LogP contribution in [0, 0.1) is 0 Å². The second kappa shape index (κ2) is 4.21. The van der Waals surface area contributed by atoms with Crippen molar-refractivity contribution in [3.8, 4) is 0 Å². The molecule has 1 aromatic heterocycles. The summed E-state index contributed by atoms with van der Waals surface area (Å²) < 4.78 is 0.232. The minimum absolute atomic E-state index is 0.257. The van der Waals surface area contributed by atoms with E-state index in [1.165, 1.54) is 6.20 Å². The van der Waals surface area contributed by atoms with Crippen molar-refractivity contribution in [3.63, 3.8) is 0 Å². The molecule has 1 N–H and O–H groups in total. The van der Waals surface area contributed by atoms with Gasteiger partial charge in [-0.1, -0.05) is 46.4 Å². The lowest BCUT2D eigenvalue weighted by Crippen LogP contribution is -2.41. The summed E-state index contributed by atoms with van der Waals surface area (Å²) in [7, 11) is 0. The maximum absolute atomic E-state index is 6.26. The summed E-state index contributed by atoms with van der Waals surface area (Å²) in [5.74, 6) is 0.257. The minimum atomic E-state index is -1.65. The number of halogens is 6. The van der Waals surface area contributed by atoms with Crippen LogP contribution in [-0.4, -0.2) is 28.8 Å². The summed E-state index contributed by atoms with van der Waals surface area (Å²) in [5, 5.41) is -1.55. The van der Waals surface area contributed by atoms with Gasteiger partial charge in [0.1, 0.15) is 0 Å². The maximum Gasteiger partial charge on any atom is 0.241 e. The molecule has 2 atom stereocenters. The van der Waals surface area contributed by atoms with E-state index in [2.05, 4.69) is 9.97 Å². The largest absolute Gasteiger partial charge is 0.345 e. The number of imidazole rings is 1. The Morgan fingerprint density at radius 1 is 1.31 bits per heavy atom. The summed E-state index contributed by atoms with van der Waals surface area (Å²) in [6.07, 6.45) is 3.04. The van der Waals surface area contributed by atoms with E-state index in [1.807, 2.05) is 0 Å². The van der Waals surface area contributed by atoms with Crippen molar-refractivity contribution < 1.29 is 0 Å². The van der Waals surface area contributed by atoms with Crippen molar-refractivity contribution in [2.45, 2.75) is 15.1 Å². The van der Waals surface area contributed by atoms with E-state index in [0.29, 0.717) is 0 Å². The average molecular weight is 345 g/mol. The number of H-pyrrole nitrogens is 1. The van der Waals surface area contributed by atoms with Crippen molar-refractivity contribution in [3.05, 3.63) is 18.2 Å². The number of rotatable bonds is 1. The topological polar surface area (TPSA) is 35.2 Å². The molecule has 1 saturated heterocycles. The van der Waals surface area contributed by atoms with Gasteiger partial charge < -0.3 is 4.98 Å². The fraction of sp³-hybridized carbons (Fsp3) is 0.500. The van der Waals surface area contributed by atoms with Crippen LogP contribution < -0.4 is 0 Å². The molecule has 1 aliphatic heterocycles. The molecule has 4 nitrogen and oxygen atoms in total. The number of aromatic nitrogens is 2. The molecule has 0 bridgehead atoms. The zero-order chi connectivity index (χ0) is 12.1. The Kier molecular flexibility index (Phi) is 3.50. The highest BCUT2D eigenvalue weighted by atomic mass is 35.5. The number of hydrogen-bond acceptors (Lipinski definition) is 3. The van der Waals surface area contributed by atoms with Crippen molar-refractivity contribution in [2.24, 2.45) is 0 Å². The summed E-state index contributed by atoms with van der Waals surface area (Å²) in [5.41, 5.74) is -1.02. The smallest absolute Gasteiger partial charge is 0.241 e. The van der Waals surface area contributed by atoms with Gasteiger partial charge in [0.25, 0.3) is 0 Å². The number of alkyl halides is 4. The lowest BCUT2D eigenvalue weighted by atomic mass is 10.5. The summed E-state index contributed by atoms with van der Waals surface area (Å²) >= 11 is 36.0. The Hall–Kier alpha value is 0.870. The van der Waals surface area contributed by atoms with Crippen LogP contribution >= 0.6 is 70.0 Å². The number of hydrogen-bond donors (Lipinski definition) is 1. The Labute approximate surface area is 122 Å². The SMILES string of the molecule is ClC1N(Cl)C(Cl)(c2ncc[nH]2)N(Cl)C1(Cl)Cl. The van der Waals surface area contributed by atoms with Crippen molar-refractivity contribution in [2.75, 3.05) is 0 Å². The maximum atomic E-state index is 6.26. The molecule has 0 amide bonds. The molecule has 0 spiro atoms. The molecule has 0 aliphatic carbocycles. The van der Waals surface area contributed by atoms with E-state index < -0.39 is 15.1 Å². The molecule has 2 unspecified atom stereocenters. The molecular formula is C6H4Cl6N4. The fourth-order valence-electron chi connectivity index (χ4n) is 1.29. The van der Waals surface area contributed by atoms with Crippen LogP contribution in [0.3, 0.4) is 0 Å². The molecule has 2 heterocycles. The van der Waals surface area contributed by atoms with E-state index in [0.717, 1.165) is 8.84 Å². The van der Waals surface area contributed by atoms with Gasteiger partial charge in [-0.3, -0.25) is 0 Å². The summed E-state index contributed by atoms with van der Waals surface area (Å²) in [4.78, 5) is 6.72. The molecule has 0 saturated carbocycles. The second-order valence-corrected chi connectivity index (χ2v) is 6.03. The Morgan fingerprint density at radius 2 is 1.94 bits per heavy atom. The molecular weight excluding hydrogens is 341 g/mol. The molecule has 0 aromatic carbocycles. The number of nitrogens with zero attached hydrogens (tertiary/aromatic N) is 3. The summed E-state index contributed by atoms with van der Waals surface area (Å²) in [6.45, 7) is 0. The van der Waals surface area contributed by atoms with Crippen LogP contribution in [0.15, 0.2) is 12.4 Å². The van der Waals surface area contributed by atoms with Crippen LogP contribution in [0.25, 0.3) is 0 Å². The monoisotopic (exact) mass is 342 g/mol. The highest BCUT2D eigenvalue weighted by Crippen LogP contribution is 2.56. The highest BCUT2D eigenvalue weighted by molar-refractivity contribution is 6.55. The minimum Gasteiger partial charge on any atom is -0.345 e. The molecule has 16 heavy (non-hydrogen) atoms. The predicted molar refractivity (Wildman–Crippen MR) is 65.6 cm³/mol. The van der Waals surface area contributed by atoms with Crippen molar-refractivity contribution in [1.82, 2.24) is 18.8 Å². The molecule has 10 heteroatoms. The molecule has 90 valence electrons. The average Bonchev–Trinajstić information content (AvgIpc) is 2.81. The van der Waals surface area contributed by atoms with Gasteiger partial charge in [0.2, 0.25) is 9.58 Å². The first-order valence-corrected chi connectivity index (χ1v) is 6.19. The first-order valence-electron chi connectivity index (χ1n) is 3.94. The molecule has 1 fully saturated rings. The Balaban J connectivity index is 2.50. The van der Waals surface area contributed by atoms with E-state index in [4.69, 9.17) is 70.0 Å². The summed E-state index contributed by atoms with van der Waals surface area (Å²) in [6, 6.07) is 0. The number of aromatic amines is 1. The normalized spacial score (nSPS) is 35.8. The third kappa shape index (κ3) is 1.63. The van der Waals surface area contributed by atoms with Gasteiger partial charge in [0.15, 0.2) is 11.3 Å². The van der Waals surface area contributed by atoms with E-state index in [9.17, 15) is 0 Å². The second-order valence-electron chi connectivity index (χ2n) is 3.04. The standard InChI is InChI=1S/C6H4Cl6N4/c7-3-5(8,9)16(12)6(10,15(3)11)4-13-1-2-14-4/h1-3H,(H,13,14). The van der Waals surface area contributed by atoms with E-state index in [-0.39, 0.29) is 5.82 Å². The zero-order valence-corrected chi connectivity index (χ0v) is 11.9. The van der Waals surface area contributed by atoms with Crippen LogP contribution in [0.4, 0.5) is 0 Å². The zero-order valence-electron chi connectivity index (χ0n) is 7.34. The van der Waals surface area contributed by atoms with Gasteiger partial charge >= 0.3 is 0 Å². The van der Waals surface area contributed by atoms with Crippen LogP contribution in [0.1, 0.15) is 5.82 Å². The Bertz CT molecular complexity index is 382. The molecule has 1 aliphatic rings. The van der Waals surface area contributed by atoms with Crippen molar-refractivity contribution in [1.29, 1.82) is 0 Å². The predicted octanol–water partition coefficient (Wildman–Crippen LogP) is 3.38. The first-order chi connectivity index (χ1) is 7.33. The van der Waals surface area contributed by atoms with Crippen LogP contribution in [-0.2, 0) is 5.12 Å². The van der Waals surface area contributed by atoms with Gasteiger partial charge in [0, 0.05) is 12.4 Å². The van der Waals surface area contributed by atoms with Gasteiger partial charge in [-0.05, 0) is 23.6 Å². The fourth-order valence-corrected chi connectivity index (χ4v) is 3.18. The van der Waals surface area contributed by atoms with Gasteiger partial charge in [0.05, 0.1) is 0 Å². The number of nitrogens with one attached hydrogen (secondary N) is 1.